The molecule has 5 heteroatoms. The van der Waals surface area contributed by atoms with E-state index in [1.54, 1.807) is 21.3 Å². The highest BCUT2D eigenvalue weighted by molar-refractivity contribution is 5.54. The minimum Gasteiger partial charge on any atom is -0.496 e. The summed E-state index contributed by atoms with van der Waals surface area (Å²) in [6.07, 6.45) is 0. The van der Waals surface area contributed by atoms with Crippen LogP contribution in [0.25, 0.3) is 0 Å². The van der Waals surface area contributed by atoms with Crippen molar-refractivity contribution in [3.8, 4) is 17.2 Å². The summed E-state index contributed by atoms with van der Waals surface area (Å²) in [4.78, 5) is 0. The molecule has 1 aliphatic heterocycles. The van der Waals surface area contributed by atoms with Crippen molar-refractivity contribution in [3.05, 3.63) is 17.7 Å². The number of nitrogens with one attached hydrogen (secondary N) is 2. The Bertz CT molecular complexity index is 417. The fourth-order valence-electron chi connectivity index (χ4n) is 2.55. The molecular weight excluding hydrogens is 244 g/mol. The predicted octanol–water partition coefficient (Wildman–Crippen LogP) is 1.12. The SMILES string of the molecule is COc1cc(OC)c(C2(C)CNCCN2)c(OC)c1. The molecule has 1 saturated heterocycles. The van der Waals surface area contributed by atoms with Gasteiger partial charge in [0.15, 0.2) is 0 Å². The van der Waals surface area contributed by atoms with E-state index in [1.165, 1.54) is 0 Å². The van der Waals surface area contributed by atoms with Crippen LogP contribution < -0.4 is 24.8 Å². The zero-order valence-electron chi connectivity index (χ0n) is 12.0. The van der Waals surface area contributed by atoms with E-state index in [4.69, 9.17) is 14.2 Å². The molecule has 1 heterocycles. The number of ether oxygens (including phenoxy) is 3. The Hall–Kier alpha value is -1.46. The maximum atomic E-state index is 5.52. The summed E-state index contributed by atoms with van der Waals surface area (Å²) in [7, 11) is 4.96. The number of methoxy groups -OCH3 is 3. The van der Waals surface area contributed by atoms with Gasteiger partial charge in [-0.2, -0.15) is 0 Å². The van der Waals surface area contributed by atoms with Gasteiger partial charge in [-0.15, -0.1) is 0 Å². The van der Waals surface area contributed by atoms with Crippen molar-refractivity contribution in [1.29, 1.82) is 0 Å². The summed E-state index contributed by atoms with van der Waals surface area (Å²) < 4.78 is 16.3. The molecule has 0 aliphatic carbocycles. The van der Waals surface area contributed by atoms with Crippen LogP contribution >= 0.6 is 0 Å². The lowest BCUT2D eigenvalue weighted by atomic mass is 9.88. The summed E-state index contributed by atoms with van der Waals surface area (Å²) in [6.45, 7) is 4.85. The summed E-state index contributed by atoms with van der Waals surface area (Å²) in [5.41, 5.74) is 0.798. The van der Waals surface area contributed by atoms with Gasteiger partial charge in [0.25, 0.3) is 0 Å². The van der Waals surface area contributed by atoms with Gasteiger partial charge in [-0.1, -0.05) is 0 Å². The average molecular weight is 266 g/mol. The van der Waals surface area contributed by atoms with E-state index >= 15 is 0 Å². The maximum absolute atomic E-state index is 5.52. The van der Waals surface area contributed by atoms with Gasteiger partial charge in [0.2, 0.25) is 0 Å². The number of rotatable bonds is 4. The van der Waals surface area contributed by atoms with E-state index < -0.39 is 0 Å². The molecule has 1 atom stereocenters. The molecule has 1 fully saturated rings. The first-order valence-electron chi connectivity index (χ1n) is 6.41. The maximum Gasteiger partial charge on any atom is 0.131 e. The molecule has 2 N–H and O–H groups in total. The summed E-state index contributed by atoms with van der Waals surface area (Å²) >= 11 is 0. The molecule has 106 valence electrons. The Balaban J connectivity index is 2.53. The summed E-state index contributed by atoms with van der Waals surface area (Å²) in [5.74, 6) is 2.27. The van der Waals surface area contributed by atoms with Crippen molar-refractivity contribution >= 4 is 0 Å². The van der Waals surface area contributed by atoms with Crippen LogP contribution in [0.5, 0.6) is 17.2 Å². The van der Waals surface area contributed by atoms with E-state index in [0.29, 0.717) is 0 Å². The molecule has 1 aliphatic rings. The second-order valence-corrected chi connectivity index (χ2v) is 4.84. The standard InChI is InChI=1S/C14H22N2O3/c1-14(9-15-5-6-16-14)13-11(18-3)7-10(17-2)8-12(13)19-4/h7-8,15-16H,5-6,9H2,1-4H3. The van der Waals surface area contributed by atoms with Gasteiger partial charge >= 0.3 is 0 Å². The minimum atomic E-state index is -0.221. The van der Waals surface area contributed by atoms with E-state index in [-0.39, 0.29) is 5.54 Å². The van der Waals surface area contributed by atoms with Gasteiger partial charge in [0.1, 0.15) is 17.2 Å². The highest BCUT2D eigenvalue weighted by atomic mass is 16.5. The number of benzene rings is 1. The van der Waals surface area contributed by atoms with Gasteiger partial charge in [-0.25, -0.2) is 0 Å². The number of hydrogen-bond donors (Lipinski definition) is 2. The largest absolute Gasteiger partial charge is 0.496 e. The summed E-state index contributed by atoms with van der Waals surface area (Å²) in [6, 6.07) is 3.78. The molecule has 1 aromatic carbocycles. The zero-order chi connectivity index (χ0) is 13.9. The van der Waals surface area contributed by atoms with Crippen LogP contribution in [-0.4, -0.2) is 41.0 Å². The topological polar surface area (TPSA) is 51.8 Å². The normalized spacial score (nSPS) is 22.9. The van der Waals surface area contributed by atoms with Crippen LogP contribution in [0.4, 0.5) is 0 Å². The van der Waals surface area contributed by atoms with E-state index in [2.05, 4.69) is 17.6 Å². The van der Waals surface area contributed by atoms with E-state index in [1.807, 2.05) is 12.1 Å². The quantitative estimate of drug-likeness (QED) is 0.855. The lowest BCUT2D eigenvalue weighted by molar-refractivity contribution is 0.274. The molecule has 19 heavy (non-hydrogen) atoms. The predicted molar refractivity (Wildman–Crippen MR) is 74.3 cm³/mol. The van der Waals surface area contributed by atoms with Crippen LogP contribution in [0.3, 0.4) is 0 Å². The molecular formula is C14H22N2O3. The Kier molecular flexibility index (Phi) is 4.17. The van der Waals surface area contributed by atoms with E-state index in [9.17, 15) is 0 Å². The first kappa shape index (κ1) is 14.0. The highest BCUT2D eigenvalue weighted by Crippen LogP contribution is 2.41. The van der Waals surface area contributed by atoms with Crippen molar-refractivity contribution in [2.45, 2.75) is 12.5 Å². The Morgan fingerprint density at radius 3 is 2.05 bits per heavy atom. The lowest BCUT2D eigenvalue weighted by Crippen LogP contribution is -2.55. The van der Waals surface area contributed by atoms with Crippen molar-refractivity contribution in [2.75, 3.05) is 41.0 Å². The van der Waals surface area contributed by atoms with Gasteiger partial charge in [0.05, 0.1) is 32.4 Å². The molecule has 0 aromatic heterocycles. The molecule has 0 saturated carbocycles. The number of piperazine rings is 1. The minimum absolute atomic E-state index is 0.221. The molecule has 0 radical (unpaired) electrons. The van der Waals surface area contributed by atoms with Crippen molar-refractivity contribution in [1.82, 2.24) is 10.6 Å². The lowest BCUT2D eigenvalue weighted by Gasteiger charge is -2.37. The Labute approximate surface area is 114 Å². The fourth-order valence-corrected chi connectivity index (χ4v) is 2.55. The second kappa shape index (κ2) is 5.67. The van der Waals surface area contributed by atoms with Crippen LogP contribution in [0.15, 0.2) is 12.1 Å². The first-order chi connectivity index (χ1) is 9.14. The monoisotopic (exact) mass is 266 g/mol. The first-order valence-corrected chi connectivity index (χ1v) is 6.41. The van der Waals surface area contributed by atoms with Gasteiger partial charge in [0, 0.05) is 31.8 Å². The van der Waals surface area contributed by atoms with Crippen molar-refractivity contribution in [3.63, 3.8) is 0 Å². The third kappa shape index (κ3) is 2.62. The zero-order valence-corrected chi connectivity index (χ0v) is 12.0. The Morgan fingerprint density at radius 1 is 1.00 bits per heavy atom. The third-order valence-electron chi connectivity index (χ3n) is 3.56. The average Bonchev–Trinajstić information content (AvgIpc) is 2.46. The van der Waals surface area contributed by atoms with Crippen molar-refractivity contribution < 1.29 is 14.2 Å². The van der Waals surface area contributed by atoms with Crippen LogP contribution in [-0.2, 0) is 5.54 Å². The van der Waals surface area contributed by atoms with Crippen LogP contribution in [0.2, 0.25) is 0 Å². The van der Waals surface area contributed by atoms with Crippen LogP contribution in [0, 0.1) is 0 Å². The molecule has 0 amide bonds. The second-order valence-electron chi connectivity index (χ2n) is 4.84. The molecule has 2 rings (SSSR count). The molecule has 1 unspecified atom stereocenters. The van der Waals surface area contributed by atoms with Crippen LogP contribution in [0.1, 0.15) is 12.5 Å². The highest BCUT2D eigenvalue weighted by Gasteiger charge is 2.34. The van der Waals surface area contributed by atoms with E-state index in [0.717, 1.165) is 42.4 Å². The molecule has 0 spiro atoms. The van der Waals surface area contributed by atoms with Crippen molar-refractivity contribution in [2.24, 2.45) is 0 Å². The fraction of sp³-hybridized carbons (Fsp3) is 0.571. The molecule has 5 nitrogen and oxygen atoms in total. The smallest absolute Gasteiger partial charge is 0.131 e. The summed E-state index contributed by atoms with van der Waals surface area (Å²) in [5, 5.41) is 6.94. The van der Waals surface area contributed by atoms with Gasteiger partial charge in [-0.3, -0.25) is 0 Å². The van der Waals surface area contributed by atoms with Gasteiger partial charge < -0.3 is 24.8 Å². The Morgan fingerprint density at radius 2 is 1.63 bits per heavy atom. The van der Waals surface area contributed by atoms with Gasteiger partial charge in [-0.05, 0) is 6.92 Å². The molecule has 0 bridgehead atoms. The number of hydrogen-bond acceptors (Lipinski definition) is 5. The molecule has 1 aromatic rings. The third-order valence-corrected chi connectivity index (χ3v) is 3.56.